The molecule has 0 spiro atoms. The maximum Gasteiger partial charge on any atom is 0.331 e. The van der Waals surface area contributed by atoms with Gasteiger partial charge in [0.15, 0.2) is 23.9 Å². The summed E-state index contributed by atoms with van der Waals surface area (Å²) in [6.07, 6.45) is 4.64. The topological polar surface area (TPSA) is 97.5 Å². The fraction of sp³-hybridized carbons (Fsp3) is 0.172. The molecule has 0 unspecified atom stereocenters. The Balaban J connectivity index is 1.59. The predicted molar refractivity (Wildman–Crippen MR) is 145 cm³/mol. The summed E-state index contributed by atoms with van der Waals surface area (Å²) < 4.78 is 13.8. The Morgan fingerprint density at radius 3 is 2.56 bits per heavy atom. The van der Waals surface area contributed by atoms with E-state index in [0.29, 0.717) is 46.4 Å². The van der Waals surface area contributed by atoms with Gasteiger partial charge in [-0.25, -0.2) is 9.58 Å². The molecule has 1 N–H and O–H groups in total. The first-order valence-corrected chi connectivity index (χ1v) is 12.9. The summed E-state index contributed by atoms with van der Waals surface area (Å²) in [5, 5.41) is 3.62. The molecule has 4 heterocycles. The number of ether oxygens (including phenoxy) is 2. The summed E-state index contributed by atoms with van der Waals surface area (Å²) in [5.41, 5.74) is 2.09. The Morgan fingerprint density at radius 2 is 1.79 bits per heavy atom. The molecular formula is C29H24ClN4O5+. The lowest BCUT2D eigenvalue weighted by atomic mass is 10.0. The number of hydrogen-bond acceptors (Lipinski definition) is 5. The largest absolute Gasteiger partial charge is 0.454 e. The fourth-order valence-electron chi connectivity index (χ4n) is 4.94. The van der Waals surface area contributed by atoms with Crippen molar-refractivity contribution in [2.24, 2.45) is 0 Å². The number of pyridine rings is 1. The molecule has 0 bridgehead atoms. The van der Waals surface area contributed by atoms with Gasteiger partial charge < -0.3 is 9.47 Å². The van der Waals surface area contributed by atoms with Gasteiger partial charge in [0.1, 0.15) is 5.57 Å². The second-order valence-electron chi connectivity index (χ2n) is 9.33. The van der Waals surface area contributed by atoms with Crippen molar-refractivity contribution in [3.63, 3.8) is 0 Å². The van der Waals surface area contributed by atoms with Crippen molar-refractivity contribution in [1.29, 1.82) is 0 Å². The van der Waals surface area contributed by atoms with Gasteiger partial charge >= 0.3 is 5.91 Å². The number of aromatic nitrogens is 3. The van der Waals surface area contributed by atoms with Gasteiger partial charge in [0, 0.05) is 28.4 Å². The Labute approximate surface area is 228 Å². The van der Waals surface area contributed by atoms with Crippen molar-refractivity contribution in [1.82, 2.24) is 9.78 Å². The van der Waals surface area contributed by atoms with Gasteiger partial charge in [-0.15, -0.1) is 0 Å². The molecule has 0 atom stereocenters. The minimum atomic E-state index is -0.602. The highest BCUT2D eigenvalue weighted by atomic mass is 35.5. The van der Waals surface area contributed by atoms with Gasteiger partial charge in [0.25, 0.3) is 17.2 Å². The molecule has 2 aromatic carbocycles. The lowest BCUT2D eigenvalue weighted by Crippen LogP contribution is -2.39. The molecule has 196 valence electrons. The van der Waals surface area contributed by atoms with Gasteiger partial charge in [0.05, 0.1) is 16.9 Å². The van der Waals surface area contributed by atoms with Gasteiger partial charge in [0.2, 0.25) is 6.79 Å². The number of hydrogen-bond donors (Lipinski definition) is 1. The number of H-pyrrole nitrogens is 1. The zero-order chi connectivity index (χ0) is 27.3. The van der Waals surface area contributed by atoms with Crippen molar-refractivity contribution >= 4 is 40.4 Å². The van der Waals surface area contributed by atoms with E-state index in [-0.39, 0.29) is 23.6 Å². The molecule has 2 aliphatic heterocycles. The summed E-state index contributed by atoms with van der Waals surface area (Å²) in [7, 11) is 0. The first kappa shape index (κ1) is 24.7. The van der Waals surface area contributed by atoms with Gasteiger partial charge in [-0.05, 0) is 49.7 Å². The molecule has 39 heavy (non-hydrogen) atoms. The van der Waals surface area contributed by atoms with Crippen LogP contribution in [-0.4, -0.2) is 28.4 Å². The number of amides is 2. The molecule has 10 heteroatoms. The van der Waals surface area contributed by atoms with Crippen LogP contribution < -0.4 is 24.5 Å². The Bertz CT molecular complexity index is 1750. The van der Waals surface area contributed by atoms with E-state index in [1.165, 1.54) is 4.68 Å². The predicted octanol–water partition coefficient (Wildman–Crippen LogP) is 4.04. The van der Waals surface area contributed by atoms with Crippen LogP contribution in [0.2, 0.25) is 5.02 Å². The maximum absolute atomic E-state index is 14.2. The molecule has 0 saturated carbocycles. The summed E-state index contributed by atoms with van der Waals surface area (Å²) in [5.74, 6) is -0.195. The Morgan fingerprint density at radius 1 is 0.974 bits per heavy atom. The second-order valence-corrected chi connectivity index (χ2v) is 9.77. The Hall–Kier alpha value is -4.63. The number of aromatic amines is 1. The quantitative estimate of drug-likeness (QED) is 0.292. The third-order valence-corrected chi connectivity index (χ3v) is 6.90. The van der Waals surface area contributed by atoms with E-state index in [1.807, 2.05) is 19.9 Å². The Kier molecular flexibility index (Phi) is 6.07. The molecule has 0 aliphatic carbocycles. The highest BCUT2D eigenvalue weighted by Gasteiger charge is 2.48. The number of nitrogens with one attached hydrogen (secondary N) is 1. The minimum Gasteiger partial charge on any atom is -0.454 e. The van der Waals surface area contributed by atoms with E-state index in [1.54, 1.807) is 65.5 Å². The molecule has 4 aromatic rings. The summed E-state index contributed by atoms with van der Waals surface area (Å²) in [6, 6.07) is 15.4. The average molecular weight is 544 g/mol. The number of carbonyl (C=O) groups excluding carboxylic acids is 2. The number of nitrogens with zero attached hydrogens (tertiary/aromatic N) is 3. The molecule has 0 fully saturated rings. The smallest absolute Gasteiger partial charge is 0.331 e. The van der Waals surface area contributed by atoms with E-state index in [0.717, 1.165) is 10.5 Å². The number of rotatable bonds is 6. The molecular weight excluding hydrogens is 520 g/mol. The average Bonchev–Trinajstić information content (AvgIpc) is 3.58. The van der Waals surface area contributed by atoms with Crippen molar-refractivity contribution in [2.75, 3.05) is 11.7 Å². The molecule has 9 nitrogen and oxygen atoms in total. The van der Waals surface area contributed by atoms with Crippen LogP contribution in [0.15, 0.2) is 71.8 Å². The van der Waals surface area contributed by atoms with Gasteiger partial charge in [-0.2, -0.15) is 4.57 Å². The highest BCUT2D eigenvalue weighted by Crippen LogP contribution is 2.39. The van der Waals surface area contributed by atoms with E-state index < -0.39 is 17.4 Å². The molecule has 2 aromatic heterocycles. The molecule has 0 radical (unpaired) electrons. The minimum absolute atomic E-state index is 0.0266. The molecule has 0 saturated heterocycles. The van der Waals surface area contributed by atoms with E-state index in [9.17, 15) is 14.4 Å². The number of carbonyl (C=O) groups is 2. The molecule has 2 aliphatic rings. The van der Waals surface area contributed by atoms with Crippen molar-refractivity contribution < 1.29 is 23.6 Å². The van der Waals surface area contributed by atoms with E-state index >= 15 is 0 Å². The third kappa shape index (κ3) is 4.11. The number of benzene rings is 2. The first-order chi connectivity index (χ1) is 18.9. The zero-order valence-electron chi connectivity index (χ0n) is 21.2. The highest BCUT2D eigenvalue weighted by molar-refractivity contribution is 6.53. The van der Waals surface area contributed by atoms with Crippen LogP contribution in [0.4, 0.5) is 5.69 Å². The third-order valence-electron chi connectivity index (χ3n) is 6.66. The van der Waals surface area contributed by atoms with Crippen molar-refractivity contribution in [3.8, 4) is 17.2 Å². The standard InChI is InChI=1S/C29H23ClN4O5/c1-3-6-21-24(28(36)34(31-21)20-9-4-8-18(30)13-20)25-26(32-12-5-7-17(2)15-32)29(37)33(27(25)35)19-10-11-22-23(14-19)39-16-38-22/h4-5,7-15H,3,6,16H2,1-2H3/p+1. The van der Waals surface area contributed by atoms with Gasteiger partial charge in [-0.3, -0.25) is 19.5 Å². The number of aryl methyl sites for hydroxylation is 2. The molecule has 6 rings (SSSR count). The monoisotopic (exact) mass is 543 g/mol. The summed E-state index contributed by atoms with van der Waals surface area (Å²) in [6.45, 7) is 3.92. The lowest BCUT2D eigenvalue weighted by Gasteiger charge is -2.14. The molecule has 2 amide bonds. The van der Waals surface area contributed by atoms with Crippen LogP contribution >= 0.6 is 11.6 Å². The van der Waals surface area contributed by atoms with Crippen molar-refractivity contribution in [3.05, 3.63) is 99.2 Å². The van der Waals surface area contributed by atoms with E-state index in [2.05, 4.69) is 5.10 Å². The summed E-state index contributed by atoms with van der Waals surface area (Å²) in [4.78, 5) is 43.3. The normalized spacial score (nSPS) is 14.6. The van der Waals surface area contributed by atoms with E-state index in [4.69, 9.17) is 21.1 Å². The van der Waals surface area contributed by atoms with Crippen LogP contribution in [0.1, 0.15) is 30.2 Å². The maximum atomic E-state index is 14.2. The zero-order valence-corrected chi connectivity index (χ0v) is 22.0. The van der Waals surface area contributed by atoms with Crippen LogP contribution in [-0.2, 0) is 16.0 Å². The number of anilines is 1. The van der Waals surface area contributed by atoms with Crippen LogP contribution in [0.25, 0.3) is 17.0 Å². The SMILES string of the molecule is CCCc1[nH]n(-c2cccc(Cl)c2)c(=O)c1C1=C([n+]2cccc(C)c2)C(=O)N(c2ccc3c(c2)OCO3)C1=O. The number of halogens is 1. The fourth-order valence-corrected chi connectivity index (χ4v) is 5.13. The van der Waals surface area contributed by atoms with Crippen molar-refractivity contribution in [2.45, 2.75) is 26.7 Å². The first-order valence-electron chi connectivity index (χ1n) is 12.5. The number of imide groups is 1. The van der Waals surface area contributed by atoms with Gasteiger partial charge in [-0.1, -0.05) is 31.0 Å². The second kappa shape index (κ2) is 9.59. The van der Waals surface area contributed by atoms with Crippen LogP contribution in [0, 0.1) is 6.92 Å². The summed E-state index contributed by atoms with van der Waals surface area (Å²) >= 11 is 6.20. The number of fused-ring (bicyclic) bond motifs is 1. The lowest BCUT2D eigenvalue weighted by molar-refractivity contribution is -0.577. The van der Waals surface area contributed by atoms with Crippen LogP contribution in [0.5, 0.6) is 11.5 Å². The van der Waals surface area contributed by atoms with Crippen LogP contribution in [0.3, 0.4) is 0 Å².